The Kier molecular flexibility index (Phi) is 3.55. The molecule has 2 heterocycles. The largest absolute Gasteiger partial charge is 0.484 e. The second kappa shape index (κ2) is 5.33. The molecule has 4 nitrogen and oxygen atoms in total. The number of ether oxygens (including phenoxy) is 1. The van der Waals surface area contributed by atoms with E-state index in [-0.39, 0.29) is 0 Å². The highest BCUT2D eigenvalue weighted by Gasteiger charge is 2.16. The van der Waals surface area contributed by atoms with Crippen molar-refractivity contribution in [2.75, 3.05) is 0 Å². The van der Waals surface area contributed by atoms with Crippen molar-refractivity contribution in [3.63, 3.8) is 0 Å². The van der Waals surface area contributed by atoms with Crippen LogP contribution in [0, 0.1) is 6.92 Å². The van der Waals surface area contributed by atoms with E-state index < -0.39 is 0 Å². The third-order valence-corrected chi connectivity index (χ3v) is 4.00. The third-order valence-electron chi connectivity index (χ3n) is 3.38. The molecule has 1 aliphatic rings. The van der Waals surface area contributed by atoms with Gasteiger partial charge in [0.25, 0.3) is 0 Å². The quantitative estimate of drug-likeness (QED) is 0.871. The second-order valence-electron chi connectivity index (χ2n) is 4.86. The lowest BCUT2D eigenvalue weighted by molar-refractivity contribution is 0.284. The van der Waals surface area contributed by atoms with E-state index in [1.807, 2.05) is 12.1 Å². The SMILES string of the molecule is Cc1ccc(OCc2nnc3n2CCCC3)c(Br)c1. The van der Waals surface area contributed by atoms with Gasteiger partial charge in [-0.3, -0.25) is 0 Å². The molecule has 1 aromatic heterocycles. The van der Waals surface area contributed by atoms with Crippen molar-refractivity contribution >= 4 is 15.9 Å². The zero-order valence-corrected chi connectivity index (χ0v) is 12.5. The van der Waals surface area contributed by atoms with Gasteiger partial charge < -0.3 is 9.30 Å². The molecule has 2 aromatic rings. The van der Waals surface area contributed by atoms with Gasteiger partial charge in [-0.05, 0) is 53.4 Å². The molecule has 5 heteroatoms. The number of aromatic nitrogens is 3. The van der Waals surface area contributed by atoms with Gasteiger partial charge in [0.05, 0.1) is 4.47 Å². The van der Waals surface area contributed by atoms with Crippen molar-refractivity contribution in [3.8, 4) is 5.75 Å². The van der Waals surface area contributed by atoms with E-state index in [0.717, 1.165) is 34.8 Å². The monoisotopic (exact) mass is 321 g/mol. The fourth-order valence-electron chi connectivity index (χ4n) is 2.34. The minimum atomic E-state index is 0.467. The Balaban J connectivity index is 1.74. The highest BCUT2D eigenvalue weighted by molar-refractivity contribution is 9.10. The van der Waals surface area contributed by atoms with Crippen LogP contribution in [0.3, 0.4) is 0 Å². The van der Waals surface area contributed by atoms with Crippen LogP contribution in [-0.2, 0) is 19.6 Å². The first-order chi connectivity index (χ1) is 9.24. The number of benzene rings is 1. The zero-order chi connectivity index (χ0) is 13.2. The van der Waals surface area contributed by atoms with Crippen molar-refractivity contribution in [1.82, 2.24) is 14.8 Å². The van der Waals surface area contributed by atoms with E-state index in [2.05, 4.69) is 43.7 Å². The molecule has 3 rings (SSSR count). The lowest BCUT2D eigenvalue weighted by Crippen LogP contribution is -2.14. The van der Waals surface area contributed by atoms with Gasteiger partial charge in [0.2, 0.25) is 0 Å². The standard InChI is InChI=1S/C14H16BrN3O/c1-10-5-6-12(11(15)8-10)19-9-14-17-16-13-4-2-3-7-18(13)14/h5-6,8H,2-4,7,9H2,1H3. The van der Waals surface area contributed by atoms with Crippen LogP contribution in [0.25, 0.3) is 0 Å². The molecule has 1 aromatic carbocycles. The van der Waals surface area contributed by atoms with Gasteiger partial charge in [0.1, 0.15) is 18.2 Å². The van der Waals surface area contributed by atoms with E-state index in [9.17, 15) is 0 Å². The van der Waals surface area contributed by atoms with Gasteiger partial charge in [-0.2, -0.15) is 0 Å². The summed E-state index contributed by atoms with van der Waals surface area (Å²) in [5.74, 6) is 2.86. The van der Waals surface area contributed by atoms with Crippen LogP contribution in [0.1, 0.15) is 30.1 Å². The third kappa shape index (κ3) is 2.66. The van der Waals surface area contributed by atoms with Crippen molar-refractivity contribution in [2.24, 2.45) is 0 Å². The maximum Gasteiger partial charge on any atom is 0.171 e. The minimum absolute atomic E-state index is 0.467. The Morgan fingerprint density at radius 2 is 2.21 bits per heavy atom. The molecule has 100 valence electrons. The molecule has 1 aliphatic heterocycles. The Labute approximate surface area is 120 Å². The Bertz CT molecular complexity index is 594. The van der Waals surface area contributed by atoms with Crippen molar-refractivity contribution in [1.29, 1.82) is 0 Å². The molecule has 0 N–H and O–H groups in total. The summed E-state index contributed by atoms with van der Waals surface area (Å²) in [5.41, 5.74) is 1.21. The fraction of sp³-hybridized carbons (Fsp3) is 0.429. The summed E-state index contributed by atoms with van der Waals surface area (Å²) in [4.78, 5) is 0. The van der Waals surface area contributed by atoms with Crippen LogP contribution >= 0.6 is 15.9 Å². The molecule has 0 aliphatic carbocycles. The van der Waals surface area contributed by atoms with Gasteiger partial charge in [-0.15, -0.1) is 10.2 Å². The maximum atomic E-state index is 5.83. The van der Waals surface area contributed by atoms with Crippen LogP contribution in [0.15, 0.2) is 22.7 Å². The van der Waals surface area contributed by atoms with Gasteiger partial charge in [0.15, 0.2) is 5.82 Å². The van der Waals surface area contributed by atoms with Crippen LogP contribution in [-0.4, -0.2) is 14.8 Å². The van der Waals surface area contributed by atoms with E-state index >= 15 is 0 Å². The Morgan fingerprint density at radius 3 is 3.05 bits per heavy atom. The molecule has 0 saturated heterocycles. The number of aryl methyl sites for hydroxylation is 2. The number of hydrogen-bond acceptors (Lipinski definition) is 3. The molecule has 0 unspecified atom stereocenters. The van der Waals surface area contributed by atoms with E-state index in [1.165, 1.54) is 18.4 Å². The molecular weight excluding hydrogens is 306 g/mol. The molecule has 0 amide bonds. The number of nitrogens with zero attached hydrogens (tertiary/aromatic N) is 3. The number of fused-ring (bicyclic) bond motifs is 1. The first-order valence-corrected chi connectivity index (χ1v) is 7.33. The molecular formula is C14H16BrN3O. The van der Waals surface area contributed by atoms with Gasteiger partial charge in [0, 0.05) is 13.0 Å². The fourth-order valence-corrected chi connectivity index (χ4v) is 2.95. The van der Waals surface area contributed by atoms with E-state index in [1.54, 1.807) is 0 Å². The summed E-state index contributed by atoms with van der Waals surface area (Å²) in [6.45, 7) is 3.54. The molecule has 0 atom stereocenters. The predicted molar refractivity (Wildman–Crippen MR) is 76.2 cm³/mol. The Morgan fingerprint density at radius 1 is 1.32 bits per heavy atom. The highest BCUT2D eigenvalue weighted by Crippen LogP contribution is 2.26. The van der Waals surface area contributed by atoms with Gasteiger partial charge >= 0.3 is 0 Å². The normalized spacial score (nSPS) is 14.2. The summed E-state index contributed by atoms with van der Waals surface area (Å²) in [7, 11) is 0. The molecule has 0 spiro atoms. The van der Waals surface area contributed by atoms with Crippen LogP contribution in [0.5, 0.6) is 5.75 Å². The van der Waals surface area contributed by atoms with Crippen molar-refractivity contribution < 1.29 is 4.74 Å². The maximum absolute atomic E-state index is 5.83. The lowest BCUT2D eigenvalue weighted by atomic mass is 10.2. The minimum Gasteiger partial charge on any atom is -0.484 e. The van der Waals surface area contributed by atoms with Crippen LogP contribution in [0.4, 0.5) is 0 Å². The molecule has 0 fully saturated rings. The lowest BCUT2D eigenvalue weighted by Gasteiger charge is -2.15. The van der Waals surface area contributed by atoms with Crippen LogP contribution < -0.4 is 4.74 Å². The summed E-state index contributed by atoms with van der Waals surface area (Å²) < 4.78 is 9.00. The Hall–Kier alpha value is -1.36. The zero-order valence-electron chi connectivity index (χ0n) is 10.9. The molecule has 0 saturated carbocycles. The first-order valence-electron chi connectivity index (χ1n) is 6.54. The smallest absolute Gasteiger partial charge is 0.171 e. The molecule has 0 bridgehead atoms. The summed E-state index contributed by atoms with van der Waals surface area (Å²) in [6.07, 6.45) is 3.44. The summed E-state index contributed by atoms with van der Waals surface area (Å²) in [6, 6.07) is 6.07. The first kappa shape index (κ1) is 12.7. The van der Waals surface area contributed by atoms with Gasteiger partial charge in [-0.25, -0.2) is 0 Å². The van der Waals surface area contributed by atoms with E-state index in [0.29, 0.717) is 6.61 Å². The van der Waals surface area contributed by atoms with Crippen molar-refractivity contribution in [3.05, 3.63) is 39.9 Å². The average molecular weight is 322 g/mol. The number of rotatable bonds is 3. The second-order valence-corrected chi connectivity index (χ2v) is 5.72. The predicted octanol–water partition coefficient (Wildman–Crippen LogP) is 3.26. The molecule has 0 radical (unpaired) electrons. The number of hydrogen-bond donors (Lipinski definition) is 0. The average Bonchev–Trinajstić information content (AvgIpc) is 2.81. The molecule has 19 heavy (non-hydrogen) atoms. The summed E-state index contributed by atoms with van der Waals surface area (Å²) in [5, 5.41) is 8.46. The topological polar surface area (TPSA) is 39.9 Å². The summed E-state index contributed by atoms with van der Waals surface area (Å²) >= 11 is 3.52. The van der Waals surface area contributed by atoms with Crippen molar-refractivity contribution in [2.45, 2.75) is 39.3 Å². The van der Waals surface area contributed by atoms with Gasteiger partial charge in [-0.1, -0.05) is 6.07 Å². The van der Waals surface area contributed by atoms with E-state index in [4.69, 9.17) is 4.74 Å². The highest BCUT2D eigenvalue weighted by atomic mass is 79.9. The van der Waals surface area contributed by atoms with Crippen LogP contribution in [0.2, 0.25) is 0 Å². The number of halogens is 1.